The van der Waals surface area contributed by atoms with Gasteiger partial charge in [-0.3, -0.25) is 9.78 Å². The fourth-order valence-corrected chi connectivity index (χ4v) is 6.34. The summed E-state index contributed by atoms with van der Waals surface area (Å²) in [6, 6.07) is 11.7. The molecular formula is C34H39B2ClN6O2. The highest BCUT2D eigenvalue weighted by Crippen LogP contribution is 2.37. The number of anilines is 1. The molecule has 230 valence electrons. The maximum Gasteiger partial charge on any atom is 0.355 e. The molecule has 1 amide bonds. The Labute approximate surface area is 271 Å². The van der Waals surface area contributed by atoms with E-state index in [-0.39, 0.29) is 23.8 Å². The van der Waals surface area contributed by atoms with Crippen molar-refractivity contribution in [2.24, 2.45) is 0 Å². The highest BCUT2D eigenvalue weighted by Gasteiger charge is 2.31. The topological polar surface area (TPSA) is 84.2 Å². The van der Waals surface area contributed by atoms with Crippen molar-refractivity contribution < 1.29 is 4.79 Å². The first-order chi connectivity index (χ1) is 21.4. The van der Waals surface area contributed by atoms with Gasteiger partial charge >= 0.3 is 5.69 Å². The van der Waals surface area contributed by atoms with Crippen LogP contribution in [0.5, 0.6) is 0 Å². The first-order valence-corrected chi connectivity index (χ1v) is 15.8. The first kappa shape index (κ1) is 32.2. The zero-order valence-corrected chi connectivity index (χ0v) is 27.9. The Hall–Kier alpha value is -4.17. The molecule has 8 nitrogen and oxygen atoms in total. The van der Waals surface area contributed by atoms with Crippen LogP contribution in [0.1, 0.15) is 63.3 Å². The summed E-state index contributed by atoms with van der Waals surface area (Å²) < 4.78 is 1.63. The van der Waals surface area contributed by atoms with Gasteiger partial charge in [0.1, 0.15) is 21.5 Å². The van der Waals surface area contributed by atoms with Crippen LogP contribution in [-0.4, -0.2) is 71.7 Å². The zero-order valence-electron chi connectivity index (χ0n) is 27.1. The molecule has 0 unspecified atom stereocenters. The maximum absolute atomic E-state index is 14.4. The van der Waals surface area contributed by atoms with Crippen LogP contribution >= 0.6 is 11.6 Å². The Morgan fingerprint density at radius 1 is 1.09 bits per heavy atom. The molecule has 0 aliphatic carbocycles. The Morgan fingerprint density at radius 2 is 1.82 bits per heavy atom. The van der Waals surface area contributed by atoms with Crippen LogP contribution in [0, 0.1) is 0 Å². The largest absolute Gasteiger partial charge is 0.355 e. The van der Waals surface area contributed by atoms with E-state index in [0.29, 0.717) is 52.9 Å². The predicted octanol–water partition coefficient (Wildman–Crippen LogP) is 4.53. The lowest BCUT2D eigenvalue weighted by Crippen LogP contribution is -2.54. The van der Waals surface area contributed by atoms with Gasteiger partial charge in [-0.1, -0.05) is 76.2 Å². The quantitative estimate of drug-likeness (QED) is 0.223. The van der Waals surface area contributed by atoms with E-state index in [4.69, 9.17) is 26.6 Å². The standard InChI is InChI=1S/C34H39B2ClN6O2/c1-7-28(44)41-14-15-42(21(6)18-41)32-25-17-26(37)30(24-11-9-8-10-22(24)16-27(35)36)39-33(25)43(34(45)40-32)31-23(19(2)3)12-13-38-29(31)20(4)5/h7-13,16-17,19-21H,1,14-15,18,35-36H2,2-6H3/t21-/m0/s1. The molecule has 0 N–H and O–H groups in total. The number of piperazine rings is 1. The number of pyridine rings is 2. The fraction of sp³-hybridized carbons (Fsp3) is 0.324. The molecule has 1 atom stereocenters. The number of amides is 1. The van der Waals surface area contributed by atoms with Gasteiger partial charge in [-0.25, -0.2) is 14.3 Å². The molecule has 5 rings (SSSR count). The lowest BCUT2D eigenvalue weighted by atomic mass is 9.77. The molecule has 0 saturated carbocycles. The Morgan fingerprint density at radius 3 is 2.47 bits per heavy atom. The zero-order chi connectivity index (χ0) is 32.6. The Kier molecular flexibility index (Phi) is 9.35. The third kappa shape index (κ3) is 6.21. The van der Waals surface area contributed by atoms with E-state index in [1.165, 1.54) is 6.08 Å². The van der Waals surface area contributed by atoms with Crippen LogP contribution in [-0.2, 0) is 4.79 Å². The monoisotopic (exact) mass is 620 g/mol. The van der Waals surface area contributed by atoms with Crippen molar-refractivity contribution in [2.45, 2.75) is 52.5 Å². The van der Waals surface area contributed by atoms with Gasteiger partial charge in [-0.05, 0) is 48.1 Å². The number of hydrogen-bond donors (Lipinski definition) is 0. The van der Waals surface area contributed by atoms with Crippen molar-refractivity contribution in [3.8, 4) is 16.9 Å². The van der Waals surface area contributed by atoms with Crippen LogP contribution in [0.2, 0.25) is 5.02 Å². The van der Waals surface area contributed by atoms with Gasteiger partial charge in [0.25, 0.3) is 0 Å². The number of benzene rings is 1. The van der Waals surface area contributed by atoms with Gasteiger partial charge in [0.15, 0.2) is 5.65 Å². The van der Waals surface area contributed by atoms with Crippen molar-refractivity contribution in [3.63, 3.8) is 0 Å². The number of aromatic nitrogens is 4. The summed E-state index contributed by atoms with van der Waals surface area (Å²) in [6.45, 7) is 15.5. The molecule has 3 aromatic heterocycles. The molecule has 1 aromatic carbocycles. The SMILES string of the molecule is BC(B)=Cc1ccccc1-c1nc2c(cc1Cl)c(N1CCN(C(=O)C=C)C[C@@H]1C)nc(=O)n2-c1c(C(C)C)ccnc1C(C)C. The lowest BCUT2D eigenvalue weighted by molar-refractivity contribution is -0.126. The summed E-state index contributed by atoms with van der Waals surface area (Å²) in [4.78, 5) is 45.3. The predicted molar refractivity (Wildman–Crippen MR) is 190 cm³/mol. The molecule has 1 saturated heterocycles. The summed E-state index contributed by atoms with van der Waals surface area (Å²) in [7, 11) is 4.10. The molecular weight excluding hydrogens is 581 g/mol. The van der Waals surface area contributed by atoms with Crippen LogP contribution in [0.25, 0.3) is 34.1 Å². The molecule has 1 aliphatic heterocycles. The average Bonchev–Trinajstić information content (AvgIpc) is 3.00. The molecule has 0 radical (unpaired) electrons. The average molecular weight is 621 g/mol. The van der Waals surface area contributed by atoms with Crippen LogP contribution in [0.3, 0.4) is 0 Å². The molecule has 0 bridgehead atoms. The van der Waals surface area contributed by atoms with Crippen LogP contribution in [0.4, 0.5) is 5.82 Å². The van der Waals surface area contributed by atoms with Crippen molar-refractivity contribution in [1.29, 1.82) is 0 Å². The summed E-state index contributed by atoms with van der Waals surface area (Å²) in [6.07, 6.45) is 5.24. The number of halogens is 1. The molecule has 1 fully saturated rings. The molecule has 1 aliphatic rings. The minimum Gasteiger partial charge on any atom is -0.350 e. The number of fused-ring (bicyclic) bond motifs is 1. The summed E-state index contributed by atoms with van der Waals surface area (Å²) in [5, 5.41) is 2.26. The van der Waals surface area contributed by atoms with Crippen molar-refractivity contribution in [2.75, 3.05) is 24.5 Å². The molecule has 4 aromatic rings. The van der Waals surface area contributed by atoms with Crippen LogP contribution in [0.15, 0.2) is 65.4 Å². The van der Waals surface area contributed by atoms with Crippen molar-refractivity contribution in [1.82, 2.24) is 24.4 Å². The van der Waals surface area contributed by atoms with Gasteiger partial charge in [0.05, 0.1) is 27.5 Å². The fourth-order valence-electron chi connectivity index (χ4n) is 6.08. The third-order valence-electron chi connectivity index (χ3n) is 8.22. The number of carbonyl (C=O) groups is 1. The second-order valence-corrected chi connectivity index (χ2v) is 12.9. The van der Waals surface area contributed by atoms with Crippen molar-refractivity contribution >= 4 is 56.1 Å². The molecule has 4 heterocycles. The van der Waals surface area contributed by atoms with Gasteiger partial charge in [-0.15, -0.1) is 5.37 Å². The minimum absolute atomic E-state index is 0.0426. The number of hydrogen-bond acceptors (Lipinski definition) is 6. The van der Waals surface area contributed by atoms with Gasteiger partial charge < -0.3 is 9.80 Å². The number of carbonyl (C=O) groups excluding carboxylic acids is 1. The van der Waals surface area contributed by atoms with E-state index in [9.17, 15) is 9.59 Å². The van der Waals surface area contributed by atoms with E-state index in [0.717, 1.165) is 27.8 Å². The van der Waals surface area contributed by atoms with E-state index >= 15 is 0 Å². The summed E-state index contributed by atoms with van der Waals surface area (Å²) in [5.41, 5.74) is 4.95. The van der Waals surface area contributed by atoms with E-state index < -0.39 is 5.69 Å². The smallest absolute Gasteiger partial charge is 0.350 e. The lowest BCUT2D eigenvalue weighted by Gasteiger charge is -2.40. The highest BCUT2D eigenvalue weighted by molar-refractivity contribution is 6.50. The van der Waals surface area contributed by atoms with E-state index in [1.807, 2.05) is 43.3 Å². The number of rotatable bonds is 7. The van der Waals surface area contributed by atoms with Crippen molar-refractivity contribution in [3.05, 3.63) is 92.9 Å². The van der Waals surface area contributed by atoms with Gasteiger partial charge in [-0.2, -0.15) is 4.98 Å². The molecule has 0 spiro atoms. The highest BCUT2D eigenvalue weighted by atomic mass is 35.5. The normalized spacial score (nSPS) is 15.2. The van der Waals surface area contributed by atoms with E-state index in [2.05, 4.69) is 60.9 Å². The minimum atomic E-state index is -0.440. The molecule has 45 heavy (non-hydrogen) atoms. The summed E-state index contributed by atoms with van der Waals surface area (Å²) >= 11 is 7.09. The van der Waals surface area contributed by atoms with E-state index in [1.54, 1.807) is 15.7 Å². The van der Waals surface area contributed by atoms with Gasteiger partial charge in [0.2, 0.25) is 5.91 Å². The van der Waals surface area contributed by atoms with Gasteiger partial charge in [0, 0.05) is 37.4 Å². The third-order valence-corrected chi connectivity index (χ3v) is 8.51. The Balaban J connectivity index is 1.86. The maximum atomic E-state index is 14.4. The van der Waals surface area contributed by atoms with Crippen LogP contribution < -0.4 is 10.6 Å². The second kappa shape index (κ2) is 13.1. The number of nitrogens with zero attached hydrogens (tertiary/aromatic N) is 6. The second-order valence-electron chi connectivity index (χ2n) is 12.5. The summed E-state index contributed by atoms with van der Waals surface area (Å²) in [5.74, 6) is 0.547. The first-order valence-electron chi connectivity index (χ1n) is 15.5. The Bertz CT molecular complexity index is 1860. The molecule has 11 heteroatoms.